The van der Waals surface area contributed by atoms with E-state index in [4.69, 9.17) is 4.74 Å². The van der Waals surface area contributed by atoms with Crippen LogP contribution < -0.4 is 15.5 Å². The molecule has 3 heterocycles. The predicted octanol–water partition coefficient (Wildman–Crippen LogP) is 2.98. The number of aliphatic carboxylic acids is 1. The fourth-order valence-electron chi connectivity index (χ4n) is 5.07. The predicted molar refractivity (Wildman–Crippen MR) is 157 cm³/mol. The van der Waals surface area contributed by atoms with E-state index in [9.17, 15) is 24.3 Å². The largest absolute Gasteiger partial charge is 0.481 e. The lowest BCUT2D eigenvalue weighted by atomic mass is 9.92. The number of hydrogen-bond donors (Lipinski definition) is 3. The van der Waals surface area contributed by atoms with Crippen LogP contribution in [0.2, 0.25) is 0 Å². The Morgan fingerprint density at radius 2 is 1.69 bits per heavy atom. The number of hydrogen-bond acceptors (Lipinski definition) is 7. The number of piperazine rings is 1. The molecule has 226 valence electrons. The van der Waals surface area contributed by atoms with Crippen LogP contribution in [0.1, 0.15) is 55.6 Å². The van der Waals surface area contributed by atoms with Crippen molar-refractivity contribution in [1.82, 2.24) is 20.1 Å². The molecule has 2 aliphatic rings. The molecule has 1 aromatic heterocycles. The number of amides is 4. The third-order valence-electron chi connectivity index (χ3n) is 7.17. The second kappa shape index (κ2) is 13.6. The molecule has 3 N–H and O–H groups in total. The summed E-state index contributed by atoms with van der Waals surface area (Å²) in [5.41, 5.74) is 1.86. The van der Waals surface area contributed by atoms with E-state index in [0.29, 0.717) is 63.7 Å². The van der Waals surface area contributed by atoms with E-state index in [1.165, 1.54) is 6.20 Å². The highest BCUT2D eigenvalue weighted by atomic mass is 16.5. The second-order valence-corrected chi connectivity index (χ2v) is 11.8. The molecule has 0 spiro atoms. The van der Waals surface area contributed by atoms with Gasteiger partial charge in [-0.3, -0.25) is 19.4 Å². The van der Waals surface area contributed by atoms with Gasteiger partial charge in [-0.15, -0.1) is 0 Å². The highest BCUT2D eigenvalue weighted by Gasteiger charge is 2.28. The van der Waals surface area contributed by atoms with Crippen LogP contribution in [0.5, 0.6) is 0 Å². The Bertz CT molecular complexity index is 1270. The topological polar surface area (TPSA) is 144 Å². The number of benzene rings is 1. The van der Waals surface area contributed by atoms with Crippen molar-refractivity contribution in [2.75, 3.05) is 62.7 Å². The smallest absolute Gasteiger partial charge is 0.320 e. The summed E-state index contributed by atoms with van der Waals surface area (Å²) < 4.78 is 5.36. The SMILES string of the molecule is CC(C)(C)CC(=O)Nc1cc(C(=O)NC(CC(=O)O)c2cccnc2)ccc1N1CCN(C(=O)N2CCOCC2)CC1. The summed E-state index contributed by atoms with van der Waals surface area (Å²) in [5, 5.41) is 15.2. The van der Waals surface area contributed by atoms with Crippen LogP contribution in [0.15, 0.2) is 42.7 Å². The van der Waals surface area contributed by atoms with E-state index >= 15 is 0 Å². The van der Waals surface area contributed by atoms with Crippen molar-refractivity contribution in [1.29, 1.82) is 0 Å². The lowest BCUT2D eigenvalue weighted by Crippen LogP contribution is -2.54. The van der Waals surface area contributed by atoms with E-state index in [2.05, 4.69) is 20.5 Å². The Kier molecular flexibility index (Phi) is 10.00. The van der Waals surface area contributed by atoms with Gasteiger partial charge in [0.05, 0.1) is 37.1 Å². The Balaban J connectivity index is 1.53. The van der Waals surface area contributed by atoms with Crippen molar-refractivity contribution in [3.8, 4) is 0 Å². The zero-order valence-corrected chi connectivity index (χ0v) is 24.5. The minimum atomic E-state index is -1.05. The van der Waals surface area contributed by atoms with E-state index in [1.807, 2.05) is 30.6 Å². The van der Waals surface area contributed by atoms with E-state index in [1.54, 1.807) is 36.5 Å². The average molecular weight is 581 g/mol. The maximum absolute atomic E-state index is 13.3. The molecule has 2 aliphatic heterocycles. The lowest BCUT2D eigenvalue weighted by Gasteiger charge is -2.40. The molecular formula is C30H40N6O6. The number of carboxylic acid groups (broad SMARTS) is 1. The maximum atomic E-state index is 13.3. The van der Waals surface area contributed by atoms with Gasteiger partial charge in [0.15, 0.2) is 0 Å². The van der Waals surface area contributed by atoms with Gasteiger partial charge in [-0.1, -0.05) is 26.8 Å². The minimum absolute atomic E-state index is 0.00760. The number of aromatic nitrogens is 1. The molecule has 12 heteroatoms. The molecule has 1 unspecified atom stereocenters. The van der Waals surface area contributed by atoms with Crippen LogP contribution in [0.4, 0.5) is 16.2 Å². The van der Waals surface area contributed by atoms with E-state index < -0.39 is 17.9 Å². The number of pyridine rings is 1. The summed E-state index contributed by atoms with van der Waals surface area (Å²) >= 11 is 0. The molecule has 0 aliphatic carbocycles. The first-order valence-corrected chi connectivity index (χ1v) is 14.2. The number of carbonyl (C=O) groups is 4. The molecule has 4 amide bonds. The number of carboxylic acids is 1. The van der Waals surface area contributed by atoms with Crippen LogP contribution in [-0.2, 0) is 14.3 Å². The summed E-state index contributed by atoms with van der Waals surface area (Å²) in [6.07, 6.45) is 3.08. The summed E-state index contributed by atoms with van der Waals surface area (Å²) in [7, 11) is 0. The number of morpholine rings is 1. The van der Waals surface area contributed by atoms with Crippen LogP contribution in [0.25, 0.3) is 0 Å². The number of ether oxygens (including phenoxy) is 1. The molecule has 2 saturated heterocycles. The fraction of sp³-hybridized carbons (Fsp3) is 0.500. The third kappa shape index (κ3) is 8.41. The number of urea groups is 1. The Hall–Kier alpha value is -4.19. The van der Waals surface area contributed by atoms with Gasteiger partial charge in [-0.05, 0) is 35.2 Å². The first-order chi connectivity index (χ1) is 20.0. The molecule has 2 fully saturated rings. The average Bonchev–Trinajstić information content (AvgIpc) is 2.96. The van der Waals surface area contributed by atoms with Crippen molar-refractivity contribution in [2.45, 2.75) is 39.7 Å². The molecule has 1 atom stereocenters. The van der Waals surface area contributed by atoms with Crippen LogP contribution in [0, 0.1) is 5.41 Å². The number of anilines is 2. The number of rotatable bonds is 8. The third-order valence-corrected chi connectivity index (χ3v) is 7.17. The Morgan fingerprint density at radius 3 is 2.31 bits per heavy atom. The Labute approximate surface area is 246 Å². The normalized spacial score (nSPS) is 16.5. The molecule has 0 bridgehead atoms. The minimum Gasteiger partial charge on any atom is -0.481 e. The molecule has 2 aromatic rings. The van der Waals surface area contributed by atoms with Crippen molar-refractivity contribution in [3.63, 3.8) is 0 Å². The molecule has 4 rings (SSSR count). The van der Waals surface area contributed by atoms with Gasteiger partial charge >= 0.3 is 12.0 Å². The van der Waals surface area contributed by atoms with Gasteiger partial charge in [-0.2, -0.15) is 0 Å². The fourth-order valence-corrected chi connectivity index (χ4v) is 5.07. The van der Waals surface area contributed by atoms with E-state index in [0.717, 1.165) is 5.69 Å². The number of nitrogens with zero attached hydrogens (tertiary/aromatic N) is 4. The molecule has 0 radical (unpaired) electrons. The van der Waals surface area contributed by atoms with Crippen LogP contribution in [-0.4, -0.2) is 96.2 Å². The zero-order valence-electron chi connectivity index (χ0n) is 24.5. The lowest BCUT2D eigenvalue weighted by molar-refractivity contribution is -0.137. The Morgan fingerprint density at radius 1 is 1.00 bits per heavy atom. The van der Waals surface area contributed by atoms with Gasteiger partial charge in [0.1, 0.15) is 0 Å². The van der Waals surface area contributed by atoms with Gasteiger partial charge in [0.2, 0.25) is 5.91 Å². The van der Waals surface area contributed by atoms with Gasteiger partial charge in [-0.25, -0.2) is 4.79 Å². The van der Waals surface area contributed by atoms with Crippen molar-refractivity contribution < 1.29 is 29.0 Å². The summed E-state index contributed by atoms with van der Waals surface area (Å²) in [6.45, 7) is 10.4. The molecule has 12 nitrogen and oxygen atoms in total. The summed E-state index contributed by atoms with van der Waals surface area (Å²) in [6, 6.07) is 7.70. The molecule has 42 heavy (non-hydrogen) atoms. The first-order valence-electron chi connectivity index (χ1n) is 14.2. The molecular weight excluding hydrogens is 540 g/mol. The van der Waals surface area contributed by atoms with E-state index in [-0.39, 0.29) is 35.8 Å². The van der Waals surface area contributed by atoms with Crippen LogP contribution >= 0.6 is 0 Å². The highest BCUT2D eigenvalue weighted by Crippen LogP contribution is 2.30. The molecule has 1 aromatic carbocycles. The van der Waals surface area contributed by atoms with Crippen LogP contribution in [0.3, 0.4) is 0 Å². The van der Waals surface area contributed by atoms with Crippen molar-refractivity contribution in [3.05, 3.63) is 53.9 Å². The zero-order chi connectivity index (χ0) is 30.3. The highest BCUT2D eigenvalue weighted by molar-refractivity contribution is 6.00. The first kappa shape index (κ1) is 30.8. The maximum Gasteiger partial charge on any atom is 0.320 e. The number of carbonyl (C=O) groups excluding carboxylic acids is 3. The second-order valence-electron chi connectivity index (χ2n) is 11.8. The summed E-state index contributed by atoms with van der Waals surface area (Å²) in [5.74, 6) is -1.70. The van der Waals surface area contributed by atoms with Crippen molar-refractivity contribution in [2.24, 2.45) is 5.41 Å². The standard InChI is InChI=1S/C30H40N6O6/c1-30(2,3)19-26(37)32-24-17-21(28(40)33-23(18-27(38)39)22-5-4-8-31-20-22)6-7-25(24)34-9-11-35(12-10-34)29(41)36-13-15-42-16-14-36/h4-8,17,20,23H,9-16,18-19H2,1-3H3,(H,32,37)(H,33,40)(H,38,39). The summed E-state index contributed by atoms with van der Waals surface area (Å²) in [4.78, 5) is 60.6. The molecule has 0 saturated carbocycles. The van der Waals surface area contributed by atoms with Crippen molar-refractivity contribution >= 4 is 35.2 Å². The van der Waals surface area contributed by atoms with Gasteiger partial charge < -0.3 is 35.2 Å². The monoisotopic (exact) mass is 580 g/mol. The number of nitrogens with one attached hydrogen (secondary N) is 2. The quantitative estimate of drug-likeness (QED) is 0.432. The van der Waals surface area contributed by atoms with Gasteiger partial charge in [0.25, 0.3) is 5.91 Å². The van der Waals surface area contributed by atoms with Gasteiger partial charge in [0, 0.05) is 63.6 Å².